The lowest BCUT2D eigenvalue weighted by Gasteiger charge is -2.25. The number of amides is 2. The summed E-state index contributed by atoms with van der Waals surface area (Å²) in [6.45, 7) is 1.57. The van der Waals surface area contributed by atoms with Gasteiger partial charge in [0.1, 0.15) is 11.0 Å². The highest BCUT2D eigenvalue weighted by Crippen LogP contribution is 2.29. The number of hydrogen-bond donors (Lipinski definition) is 3. The van der Waals surface area contributed by atoms with Crippen LogP contribution in [0.1, 0.15) is 17.5 Å². The molecule has 0 saturated carbocycles. The molecule has 0 aliphatic carbocycles. The molecule has 2 amide bonds. The lowest BCUT2D eigenvalue weighted by Crippen LogP contribution is -2.44. The summed E-state index contributed by atoms with van der Waals surface area (Å²) in [6, 6.07) is 15.4. The fourth-order valence-corrected chi connectivity index (χ4v) is 3.24. The minimum Gasteiger partial charge on any atom is -0.475 e. The number of likely N-dealkylation sites (tertiary alicyclic amines) is 1. The van der Waals surface area contributed by atoms with Crippen LogP contribution in [0.4, 0.5) is 18.0 Å². The van der Waals surface area contributed by atoms with Gasteiger partial charge in [0.15, 0.2) is 0 Å². The van der Waals surface area contributed by atoms with Crippen LogP contribution in [0, 0.1) is 0 Å². The van der Waals surface area contributed by atoms with Gasteiger partial charge in [-0.15, -0.1) is 0 Å². The maximum atomic E-state index is 12.5. The molecular formula is C20H20F3N5O4. The molecule has 1 fully saturated rings. The van der Waals surface area contributed by atoms with E-state index in [0.29, 0.717) is 30.7 Å². The summed E-state index contributed by atoms with van der Waals surface area (Å²) in [5.41, 5.74) is 9.42. The Labute approximate surface area is 179 Å². The molecular weight excluding hydrogens is 431 g/mol. The maximum absolute atomic E-state index is 12.5. The standard InChI is InChI=1S/C18H19N5O2.C2HF3O2/c19-18(14-4-2-1-3-5-14)8-9-23(12-18)17(24)20-11-13-6-7-15-16(10-13)22-25-21-15;3-2(4,5)1(6)7/h1-7,10H,8-9,11-12,19H2,(H,20,24);(H,6,7). The van der Waals surface area contributed by atoms with Crippen molar-refractivity contribution < 1.29 is 32.5 Å². The van der Waals surface area contributed by atoms with Crippen molar-refractivity contribution in [2.75, 3.05) is 13.1 Å². The zero-order valence-electron chi connectivity index (χ0n) is 16.7. The monoisotopic (exact) mass is 451 g/mol. The Morgan fingerprint density at radius 1 is 1.16 bits per heavy atom. The fourth-order valence-electron chi connectivity index (χ4n) is 3.24. The number of carbonyl (C=O) groups excluding carboxylic acids is 1. The average Bonchev–Trinajstić information content (AvgIpc) is 3.39. The van der Waals surface area contributed by atoms with Crippen molar-refractivity contribution in [1.29, 1.82) is 0 Å². The highest BCUT2D eigenvalue weighted by Gasteiger charge is 2.38. The lowest BCUT2D eigenvalue weighted by atomic mass is 9.90. The Kier molecular flexibility index (Phi) is 6.63. The lowest BCUT2D eigenvalue weighted by molar-refractivity contribution is -0.192. The molecule has 0 bridgehead atoms. The van der Waals surface area contributed by atoms with Gasteiger partial charge in [-0.1, -0.05) is 36.4 Å². The van der Waals surface area contributed by atoms with Crippen LogP contribution in [0.25, 0.3) is 11.0 Å². The molecule has 9 nitrogen and oxygen atoms in total. The summed E-state index contributed by atoms with van der Waals surface area (Å²) in [7, 11) is 0. The number of aromatic nitrogens is 2. The number of carboxylic acid groups (broad SMARTS) is 1. The third-order valence-electron chi connectivity index (χ3n) is 4.94. The van der Waals surface area contributed by atoms with E-state index in [4.69, 9.17) is 15.6 Å². The van der Waals surface area contributed by atoms with E-state index in [9.17, 15) is 18.0 Å². The molecule has 12 heteroatoms. The summed E-state index contributed by atoms with van der Waals surface area (Å²) < 4.78 is 36.4. The summed E-state index contributed by atoms with van der Waals surface area (Å²) >= 11 is 0. The number of carboxylic acids is 1. The molecule has 4 N–H and O–H groups in total. The zero-order valence-corrected chi connectivity index (χ0v) is 16.7. The van der Waals surface area contributed by atoms with Crippen LogP contribution in [-0.2, 0) is 16.9 Å². The number of nitrogens with zero attached hydrogens (tertiary/aromatic N) is 3. The summed E-state index contributed by atoms with van der Waals surface area (Å²) in [6.07, 6.45) is -4.33. The molecule has 2 heterocycles. The predicted octanol–water partition coefficient (Wildman–Crippen LogP) is 2.63. The Morgan fingerprint density at radius 2 is 1.81 bits per heavy atom. The first-order valence-corrected chi connectivity index (χ1v) is 9.47. The third-order valence-corrected chi connectivity index (χ3v) is 4.94. The number of aliphatic carboxylic acids is 1. The molecule has 2 aromatic carbocycles. The SMILES string of the molecule is NC1(c2ccccc2)CCN(C(=O)NCc2ccc3nonc3c2)C1.O=C(O)C(F)(F)F. The van der Waals surface area contributed by atoms with E-state index in [1.807, 2.05) is 48.5 Å². The third kappa shape index (κ3) is 5.52. The van der Waals surface area contributed by atoms with Gasteiger partial charge >= 0.3 is 18.2 Å². The van der Waals surface area contributed by atoms with Crippen molar-refractivity contribution in [3.8, 4) is 0 Å². The van der Waals surface area contributed by atoms with Gasteiger partial charge < -0.3 is 21.1 Å². The van der Waals surface area contributed by atoms with Gasteiger partial charge in [0.25, 0.3) is 0 Å². The number of rotatable bonds is 3. The second kappa shape index (κ2) is 9.22. The number of nitrogens with two attached hydrogens (primary N) is 1. The van der Waals surface area contributed by atoms with Crippen LogP contribution in [-0.4, -0.2) is 51.6 Å². The van der Waals surface area contributed by atoms with Crippen LogP contribution in [0.2, 0.25) is 0 Å². The molecule has 0 radical (unpaired) electrons. The van der Waals surface area contributed by atoms with E-state index in [0.717, 1.165) is 17.5 Å². The first kappa shape index (κ1) is 23.0. The van der Waals surface area contributed by atoms with Crippen molar-refractivity contribution >= 4 is 23.0 Å². The minimum atomic E-state index is -5.08. The molecule has 1 saturated heterocycles. The normalized spacial score (nSPS) is 18.2. The number of halogens is 3. The fraction of sp³-hybridized carbons (Fsp3) is 0.300. The first-order valence-electron chi connectivity index (χ1n) is 9.47. The molecule has 1 unspecified atom stereocenters. The van der Waals surface area contributed by atoms with Crippen LogP contribution in [0.3, 0.4) is 0 Å². The molecule has 0 spiro atoms. The highest BCUT2D eigenvalue weighted by molar-refractivity contribution is 5.76. The number of urea groups is 1. The van der Waals surface area contributed by atoms with Crippen molar-refractivity contribution in [1.82, 2.24) is 20.5 Å². The quantitative estimate of drug-likeness (QED) is 0.557. The van der Waals surface area contributed by atoms with Gasteiger partial charge in [0.2, 0.25) is 0 Å². The molecule has 32 heavy (non-hydrogen) atoms. The van der Waals surface area contributed by atoms with E-state index in [-0.39, 0.29) is 6.03 Å². The summed E-state index contributed by atoms with van der Waals surface area (Å²) in [5, 5.41) is 17.6. The average molecular weight is 451 g/mol. The maximum Gasteiger partial charge on any atom is 0.490 e. The van der Waals surface area contributed by atoms with Crippen LogP contribution >= 0.6 is 0 Å². The van der Waals surface area contributed by atoms with Gasteiger partial charge in [0, 0.05) is 19.6 Å². The second-order valence-corrected chi connectivity index (χ2v) is 7.24. The van der Waals surface area contributed by atoms with Crippen LogP contribution in [0.5, 0.6) is 0 Å². The summed E-state index contributed by atoms with van der Waals surface area (Å²) in [4.78, 5) is 23.1. The van der Waals surface area contributed by atoms with Gasteiger partial charge in [-0.25, -0.2) is 14.2 Å². The van der Waals surface area contributed by atoms with E-state index in [1.165, 1.54) is 0 Å². The topological polar surface area (TPSA) is 135 Å². The van der Waals surface area contributed by atoms with Crippen molar-refractivity contribution in [3.05, 3.63) is 59.7 Å². The number of hydrogen-bond acceptors (Lipinski definition) is 6. The predicted molar refractivity (Wildman–Crippen MR) is 106 cm³/mol. The molecule has 1 atom stereocenters. The van der Waals surface area contributed by atoms with Crippen molar-refractivity contribution in [3.63, 3.8) is 0 Å². The van der Waals surface area contributed by atoms with E-state index in [2.05, 4.69) is 20.3 Å². The Bertz CT molecular complexity index is 1090. The minimum absolute atomic E-state index is 0.110. The molecule has 1 aliphatic heterocycles. The van der Waals surface area contributed by atoms with E-state index in [1.54, 1.807) is 4.90 Å². The van der Waals surface area contributed by atoms with Gasteiger partial charge in [-0.3, -0.25) is 0 Å². The Balaban J connectivity index is 0.000000360. The second-order valence-electron chi connectivity index (χ2n) is 7.24. The zero-order chi connectivity index (χ0) is 23.4. The largest absolute Gasteiger partial charge is 0.490 e. The Morgan fingerprint density at radius 3 is 2.47 bits per heavy atom. The highest BCUT2D eigenvalue weighted by atomic mass is 19.4. The Hall–Kier alpha value is -3.67. The molecule has 1 aliphatic rings. The number of fused-ring (bicyclic) bond motifs is 1. The molecule has 1 aromatic heterocycles. The van der Waals surface area contributed by atoms with Crippen molar-refractivity contribution in [2.24, 2.45) is 5.73 Å². The van der Waals surface area contributed by atoms with E-state index >= 15 is 0 Å². The van der Waals surface area contributed by atoms with Crippen LogP contribution < -0.4 is 11.1 Å². The van der Waals surface area contributed by atoms with Gasteiger partial charge in [0.05, 0.1) is 5.54 Å². The first-order chi connectivity index (χ1) is 15.1. The molecule has 170 valence electrons. The number of alkyl halides is 3. The van der Waals surface area contributed by atoms with Crippen molar-refractivity contribution in [2.45, 2.75) is 24.7 Å². The number of nitrogens with one attached hydrogen (secondary N) is 1. The van der Waals surface area contributed by atoms with Gasteiger partial charge in [-0.05, 0) is 40.0 Å². The van der Waals surface area contributed by atoms with Gasteiger partial charge in [-0.2, -0.15) is 13.2 Å². The van der Waals surface area contributed by atoms with Crippen LogP contribution in [0.15, 0.2) is 53.2 Å². The molecule has 3 aromatic rings. The molecule has 4 rings (SSSR count). The number of benzene rings is 2. The number of carbonyl (C=O) groups is 2. The van der Waals surface area contributed by atoms with E-state index < -0.39 is 17.7 Å². The smallest absolute Gasteiger partial charge is 0.475 e. The summed E-state index contributed by atoms with van der Waals surface area (Å²) in [5.74, 6) is -2.76.